The second-order valence-corrected chi connectivity index (χ2v) is 7.75. The lowest BCUT2D eigenvalue weighted by Crippen LogP contribution is -2.28. The number of rotatable bonds is 4. The molecule has 0 spiro atoms. The standard InChI is InChI=1S/C20H18O3S/c1-24(22,23)19-14-12-18(13-15-19)20(21,16-8-4-2-5-9-16)17-10-6-3-7-11-17/h2-15,21H,1H3. The smallest absolute Gasteiger partial charge is 0.175 e. The van der Waals surface area contributed by atoms with Gasteiger partial charge in [-0.1, -0.05) is 72.8 Å². The molecule has 0 aliphatic carbocycles. The van der Waals surface area contributed by atoms with Crippen LogP contribution in [-0.4, -0.2) is 19.8 Å². The third-order valence-electron chi connectivity index (χ3n) is 4.08. The van der Waals surface area contributed by atoms with Crippen LogP contribution in [0.2, 0.25) is 0 Å². The van der Waals surface area contributed by atoms with Crippen LogP contribution < -0.4 is 0 Å². The summed E-state index contributed by atoms with van der Waals surface area (Å²) in [5.41, 5.74) is 0.720. The quantitative estimate of drug-likeness (QED) is 0.742. The SMILES string of the molecule is CS(=O)(=O)c1ccc(C(O)(c2ccccc2)c2ccccc2)cc1. The molecule has 0 saturated heterocycles. The summed E-state index contributed by atoms with van der Waals surface area (Å²) in [5, 5.41) is 11.6. The Kier molecular flexibility index (Phi) is 4.26. The molecule has 3 nitrogen and oxygen atoms in total. The van der Waals surface area contributed by atoms with Crippen LogP contribution >= 0.6 is 0 Å². The summed E-state index contributed by atoms with van der Waals surface area (Å²) in [7, 11) is -3.28. The summed E-state index contributed by atoms with van der Waals surface area (Å²) in [6.45, 7) is 0. The van der Waals surface area contributed by atoms with Crippen LogP contribution in [0.1, 0.15) is 16.7 Å². The predicted molar refractivity (Wildman–Crippen MR) is 94.5 cm³/mol. The van der Waals surface area contributed by atoms with Crippen molar-refractivity contribution >= 4 is 9.84 Å². The maximum absolute atomic E-state index is 11.7. The molecule has 0 unspecified atom stereocenters. The van der Waals surface area contributed by atoms with Gasteiger partial charge in [-0.3, -0.25) is 0 Å². The largest absolute Gasteiger partial charge is 0.376 e. The first-order chi connectivity index (χ1) is 11.4. The van der Waals surface area contributed by atoms with Gasteiger partial charge < -0.3 is 5.11 Å². The van der Waals surface area contributed by atoms with E-state index < -0.39 is 15.4 Å². The number of benzene rings is 3. The highest BCUT2D eigenvalue weighted by Crippen LogP contribution is 2.36. The second-order valence-electron chi connectivity index (χ2n) is 5.74. The predicted octanol–water partition coefficient (Wildman–Crippen LogP) is 3.37. The Labute approximate surface area is 142 Å². The van der Waals surface area contributed by atoms with Gasteiger partial charge in [0.15, 0.2) is 9.84 Å². The number of hydrogen-bond donors (Lipinski definition) is 1. The molecule has 0 aliphatic rings. The summed E-state index contributed by atoms with van der Waals surface area (Å²) in [6, 6.07) is 25.1. The van der Waals surface area contributed by atoms with Gasteiger partial charge in [-0.2, -0.15) is 0 Å². The molecule has 4 heteroatoms. The van der Waals surface area contributed by atoms with Gasteiger partial charge >= 0.3 is 0 Å². The molecule has 1 N–H and O–H groups in total. The van der Waals surface area contributed by atoms with Crippen molar-refractivity contribution in [1.29, 1.82) is 0 Å². The van der Waals surface area contributed by atoms with E-state index in [-0.39, 0.29) is 4.90 Å². The maximum atomic E-state index is 11.7. The fourth-order valence-electron chi connectivity index (χ4n) is 2.80. The number of aliphatic hydroxyl groups is 1. The molecular formula is C20H18O3S. The van der Waals surface area contributed by atoms with Crippen molar-refractivity contribution in [2.45, 2.75) is 10.5 Å². The van der Waals surface area contributed by atoms with E-state index in [9.17, 15) is 13.5 Å². The van der Waals surface area contributed by atoms with E-state index >= 15 is 0 Å². The zero-order chi connectivity index (χ0) is 17.2. The molecule has 3 aromatic rings. The topological polar surface area (TPSA) is 54.4 Å². The lowest BCUT2D eigenvalue weighted by atomic mass is 9.80. The van der Waals surface area contributed by atoms with Gasteiger partial charge in [0, 0.05) is 6.26 Å². The van der Waals surface area contributed by atoms with Crippen LogP contribution in [0.25, 0.3) is 0 Å². The van der Waals surface area contributed by atoms with Crippen molar-refractivity contribution < 1.29 is 13.5 Å². The summed E-state index contributed by atoms with van der Waals surface area (Å²) < 4.78 is 23.3. The van der Waals surface area contributed by atoms with Gasteiger partial charge in [-0.05, 0) is 28.8 Å². The Morgan fingerprint density at radius 1 is 0.667 bits per heavy atom. The molecule has 3 aromatic carbocycles. The van der Waals surface area contributed by atoms with Crippen LogP contribution in [0, 0.1) is 0 Å². The van der Waals surface area contributed by atoms with E-state index in [2.05, 4.69) is 0 Å². The zero-order valence-corrected chi connectivity index (χ0v) is 14.1. The Balaban J connectivity index is 2.20. The highest BCUT2D eigenvalue weighted by Gasteiger charge is 2.33. The molecule has 0 atom stereocenters. The first-order valence-electron chi connectivity index (χ1n) is 7.56. The third kappa shape index (κ3) is 2.98. The molecule has 0 fully saturated rings. The Morgan fingerprint density at radius 2 is 1.04 bits per heavy atom. The highest BCUT2D eigenvalue weighted by atomic mass is 32.2. The van der Waals surface area contributed by atoms with E-state index in [4.69, 9.17) is 0 Å². The van der Waals surface area contributed by atoms with Crippen LogP contribution in [-0.2, 0) is 15.4 Å². The maximum Gasteiger partial charge on any atom is 0.175 e. The summed E-state index contributed by atoms with van der Waals surface area (Å²) in [4.78, 5) is 0.231. The lowest BCUT2D eigenvalue weighted by Gasteiger charge is -2.30. The van der Waals surface area contributed by atoms with Gasteiger partial charge in [-0.25, -0.2) is 8.42 Å². The average Bonchev–Trinajstić information content (AvgIpc) is 2.62. The average molecular weight is 338 g/mol. The molecule has 0 radical (unpaired) electrons. The van der Waals surface area contributed by atoms with Crippen molar-refractivity contribution in [2.24, 2.45) is 0 Å². The minimum absolute atomic E-state index is 0.231. The van der Waals surface area contributed by atoms with E-state index in [1.54, 1.807) is 12.1 Å². The van der Waals surface area contributed by atoms with Crippen molar-refractivity contribution in [3.8, 4) is 0 Å². The highest BCUT2D eigenvalue weighted by molar-refractivity contribution is 7.90. The summed E-state index contributed by atoms with van der Waals surface area (Å²) in [5.74, 6) is 0. The molecule has 0 heterocycles. The zero-order valence-electron chi connectivity index (χ0n) is 13.3. The summed E-state index contributed by atoms with van der Waals surface area (Å²) in [6.07, 6.45) is 1.17. The Bertz CT molecular complexity index is 876. The number of sulfone groups is 1. The Morgan fingerprint density at radius 3 is 1.42 bits per heavy atom. The molecule has 0 amide bonds. The van der Waals surface area contributed by atoms with Crippen LogP contribution in [0.15, 0.2) is 89.8 Å². The van der Waals surface area contributed by atoms with E-state index in [1.165, 1.54) is 18.4 Å². The molecule has 0 aromatic heterocycles. The lowest BCUT2D eigenvalue weighted by molar-refractivity contribution is 0.125. The van der Waals surface area contributed by atoms with E-state index in [0.29, 0.717) is 5.56 Å². The van der Waals surface area contributed by atoms with E-state index in [0.717, 1.165) is 11.1 Å². The second kappa shape index (κ2) is 6.23. The monoisotopic (exact) mass is 338 g/mol. The third-order valence-corrected chi connectivity index (χ3v) is 5.21. The van der Waals surface area contributed by atoms with Gasteiger partial charge in [0.25, 0.3) is 0 Å². The van der Waals surface area contributed by atoms with Gasteiger partial charge in [-0.15, -0.1) is 0 Å². The molecule has 0 bridgehead atoms. The van der Waals surface area contributed by atoms with Gasteiger partial charge in [0.05, 0.1) is 4.90 Å². The van der Waals surface area contributed by atoms with Gasteiger partial charge in [0.1, 0.15) is 5.60 Å². The fourth-order valence-corrected chi connectivity index (χ4v) is 3.43. The van der Waals surface area contributed by atoms with Crippen molar-refractivity contribution in [3.63, 3.8) is 0 Å². The first kappa shape index (κ1) is 16.4. The fraction of sp³-hybridized carbons (Fsp3) is 0.100. The first-order valence-corrected chi connectivity index (χ1v) is 9.45. The van der Waals surface area contributed by atoms with Crippen molar-refractivity contribution in [1.82, 2.24) is 0 Å². The number of hydrogen-bond acceptors (Lipinski definition) is 3. The molecule has 0 saturated carbocycles. The van der Waals surface area contributed by atoms with Crippen LogP contribution in [0.5, 0.6) is 0 Å². The molecule has 24 heavy (non-hydrogen) atoms. The normalized spacial score (nSPS) is 12.1. The van der Waals surface area contributed by atoms with Crippen LogP contribution in [0.3, 0.4) is 0 Å². The minimum Gasteiger partial charge on any atom is -0.376 e. The Hall–Kier alpha value is -2.43. The van der Waals surface area contributed by atoms with Crippen LogP contribution in [0.4, 0.5) is 0 Å². The molecular weight excluding hydrogens is 320 g/mol. The molecule has 0 aliphatic heterocycles. The summed E-state index contributed by atoms with van der Waals surface area (Å²) >= 11 is 0. The van der Waals surface area contributed by atoms with Crippen molar-refractivity contribution in [2.75, 3.05) is 6.26 Å². The van der Waals surface area contributed by atoms with Gasteiger partial charge in [0.2, 0.25) is 0 Å². The van der Waals surface area contributed by atoms with Crippen molar-refractivity contribution in [3.05, 3.63) is 102 Å². The van der Waals surface area contributed by atoms with E-state index in [1.807, 2.05) is 60.7 Å². The molecule has 122 valence electrons. The molecule has 3 rings (SSSR count). The minimum atomic E-state index is -3.28.